The van der Waals surface area contributed by atoms with Gasteiger partial charge in [0.25, 0.3) is 11.2 Å². The minimum absolute atomic E-state index is 0.00776. The Hall–Kier alpha value is -5.31. The third-order valence-electron chi connectivity index (χ3n) is 6.02. The molecule has 3 aromatic heterocycles. The number of hydrogen-bond acceptors (Lipinski definition) is 7. The number of benzene rings is 3. The maximum atomic E-state index is 13.4. The number of furan rings is 2. The molecular weight excluding hydrogens is 472 g/mol. The molecule has 0 saturated heterocycles. The second-order valence-corrected chi connectivity index (χ2v) is 8.42. The lowest BCUT2D eigenvalue weighted by atomic mass is 10.1. The van der Waals surface area contributed by atoms with Crippen LogP contribution < -0.4 is 5.56 Å². The second kappa shape index (κ2) is 8.72. The summed E-state index contributed by atoms with van der Waals surface area (Å²) in [6.45, 7) is 1.68. The topological polar surface area (TPSA) is 117 Å². The largest absolute Gasteiger partial charge is 0.455 e. The van der Waals surface area contributed by atoms with Gasteiger partial charge in [0, 0.05) is 22.6 Å². The molecule has 0 atom stereocenters. The van der Waals surface area contributed by atoms with Gasteiger partial charge < -0.3 is 8.83 Å². The summed E-state index contributed by atoms with van der Waals surface area (Å²) in [5.74, 6) is 1.44. The first-order chi connectivity index (χ1) is 18.0. The standard InChI is InChI=1S/C28H18N4O5/c1-17-10-11-19(14-23(17)32(34)35)25-13-12-20(36-25)16-29-31-27(26-15-18-6-2-5-9-24(18)37-26)30-22-8-4-3-7-21(22)28(31)33/h2-16H,1H3. The van der Waals surface area contributed by atoms with Crippen molar-refractivity contribution < 1.29 is 13.8 Å². The SMILES string of the molecule is Cc1ccc(-c2ccc(C=Nn3c(-c4cc5ccccc5o4)nc4ccccc4c3=O)o2)cc1[N+](=O)[O-]. The van der Waals surface area contributed by atoms with Gasteiger partial charge in [0.15, 0.2) is 5.76 Å². The summed E-state index contributed by atoms with van der Waals surface area (Å²) in [7, 11) is 0. The summed E-state index contributed by atoms with van der Waals surface area (Å²) in [5, 5.41) is 17.0. The Labute approximate surface area is 209 Å². The van der Waals surface area contributed by atoms with Gasteiger partial charge in [-0.3, -0.25) is 14.9 Å². The quantitative estimate of drug-likeness (QED) is 0.162. The first-order valence-electron chi connectivity index (χ1n) is 11.4. The normalized spacial score (nSPS) is 11.6. The van der Waals surface area contributed by atoms with Gasteiger partial charge in [-0.15, -0.1) is 0 Å². The molecule has 0 aliphatic carbocycles. The Morgan fingerprint density at radius 1 is 0.946 bits per heavy atom. The number of nitrogens with zero attached hydrogens (tertiary/aromatic N) is 4. The van der Waals surface area contributed by atoms with Crippen molar-refractivity contribution in [2.75, 3.05) is 0 Å². The highest BCUT2D eigenvalue weighted by atomic mass is 16.6. The van der Waals surface area contributed by atoms with Gasteiger partial charge in [-0.1, -0.05) is 42.5 Å². The highest BCUT2D eigenvalue weighted by molar-refractivity contribution is 5.84. The third kappa shape index (κ3) is 3.98. The van der Waals surface area contributed by atoms with Gasteiger partial charge in [0.2, 0.25) is 5.82 Å². The molecule has 180 valence electrons. The molecular formula is C28H18N4O5. The van der Waals surface area contributed by atoms with E-state index in [2.05, 4.69) is 10.1 Å². The molecule has 0 radical (unpaired) electrons. The molecule has 9 nitrogen and oxygen atoms in total. The Morgan fingerprint density at radius 3 is 2.59 bits per heavy atom. The molecule has 9 heteroatoms. The van der Waals surface area contributed by atoms with Crippen molar-refractivity contribution in [1.82, 2.24) is 9.66 Å². The number of hydrogen-bond donors (Lipinski definition) is 0. The fourth-order valence-electron chi connectivity index (χ4n) is 4.13. The number of aromatic nitrogens is 2. The molecule has 0 unspecified atom stereocenters. The van der Waals surface area contributed by atoms with Crippen molar-refractivity contribution in [3.8, 4) is 22.9 Å². The van der Waals surface area contributed by atoms with Gasteiger partial charge in [-0.2, -0.15) is 9.78 Å². The van der Waals surface area contributed by atoms with Gasteiger partial charge in [0.05, 0.1) is 22.0 Å². The summed E-state index contributed by atoms with van der Waals surface area (Å²) in [4.78, 5) is 28.9. The molecule has 0 bridgehead atoms. The van der Waals surface area contributed by atoms with Crippen molar-refractivity contribution in [1.29, 1.82) is 0 Å². The minimum atomic E-state index is -0.428. The zero-order chi connectivity index (χ0) is 25.5. The molecule has 0 saturated carbocycles. The third-order valence-corrected chi connectivity index (χ3v) is 6.02. The highest BCUT2D eigenvalue weighted by Crippen LogP contribution is 2.29. The molecule has 0 N–H and O–H groups in total. The molecule has 3 aromatic carbocycles. The molecule has 0 fully saturated rings. The summed E-state index contributed by atoms with van der Waals surface area (Å²) < 4.78 is 13.0. The summed E-state index contributed by atoms with van der Waals surface area (Å²) in [5.41, 5.74) is 1.95. The van der Waals surface area contributed by atoms with E-state index in [4.69, 9.17) is 8.83 Å². The lowest BCUT2D eigenvalue weighted by Crippen LogP contribution is -2.20. The zero-order valence-corrected chi connectivity index (χ0v) is 19.5. The number of nitro benzene ring substituents is 1. The first kappa shape index (κ1) is 22.2. The van der Waals surface area contributed by atoms with Crippen molar-refractivity contribution in [2.45, 2.75) is 6.92 Å². The lowest BCUT2D eigenvalue weighted by Gasteiger charge is -2.06. The van der Waals surface area contributed by atoms with E-state index < -0.39 is 4.92 Å². The van der Waals surface area contributed by atoms with E-state index in [1.807, 2.05) is 36.4 Å². The molecule has 6 rings (SSSR count). The summed E-state index contributed by atoms with van der Waals surface area (Å²) in [6.07, 6.45) is 1.40. The van der Waals surface area contributed by atoms with E-state index in [-0.39, 0.29) is 17.1 Å². The van der Waals surface area contributed by atoms with E-state index in [9.17, 15) is 14.9 Å². The zero-order valence-electron chi connectivity index (χ0n) is 19.5. The van der Waals surface area contributed by atoms with E-state index in [1.165, 1.54) is 17.0 Å². The van der Waals surface area contributed by atoms with Crippen molar-refractivity contribution in [2.24, 2.45) is 5.10 Å². The van der Waals surface area contributed by atoms with Crippen molar-refractivity contribution in [3.63, 3.8) is 0 Å². The van der Waals surface area contributed by atoms with Crippen LogP contribution in [0.25, 0.3) is 44.8 Å². The average molecular weight is 490 g/mol. The van der Waals surface area contributed by atoms with E-state index in [0.29, 0.717) is 44.9 Å². The molecule has 0 aliphatic rings. The van der Waals surface area contributed by atoms with Crippen molar-refractivity contribution in [3.05, 3.63) is 117 Å². The monoisotopic (exact) mass is 490 g/mol. The number of nitro groups is 1. The average Bonchev–Trinajstić information content (AvgIpc) is 3.55. The second-order valence-electron chi connectivity index (χ2n) is 8.42. The van der Waals surface area contributed by atoms with E-state index >= 15 is 0 Å². The summed E-state index contributed by atoms with van der Waals surface area (Å²) >= 11 is 0. The van der Waals surface area contributed by atoms with Gasteiger partial charge >= 0.3 is 0 Å². The molecule has 6 aromatic rings. The van der Waals surface area contributed by atoms with Crippen LogP contribution >= 0.6 is 0 Å². The molecule has 0 spiro atoms. The predicted octanol–water partition coefficient (Wildman–Crippen LogP) is 6.17. The number of para-hydroxylation sites is 2. The summed E-state index contributed by atoms with van der Waals surface area (Å²) in [6, 6.07) is 24.6. The Bertz CT molecular complexity index is 1880. The van der Waals surface area contributed by atoms with Gasteiger partial charge in [-0.25, -0.2) is 4.98 Å². The smallest absolute Gasteiger partial charge is 0.282 e. The Morgan fingerprint density at radius 2 is 1.76 bits per heavy atom. The molecule has 0 aliphatic heterocycles. The maximum Gasteiger partial charge on any atom is 0.282 e. The van der Waals surface area contributed by atoms with Gasteiger partial charge in [-0.05, 0) is 43.3 Å². The van der Waals surface area contributed by atoms with Gasteiger partial charge in [0.1, 0.15) is 17.1 Å². The first-order valence-corrected chi connectivity index (χ1v) is 11.4. The Kier molecular flexibility index (Phi) is 5.23. The van der Waals surface area contributed by atoms with E-state index in [0.717, 1.165) is 5.39 Å². The fourth-order valence-corrected chi connectivity index (χ4v) is 4.13. The number of fused-ring (bicyclic) bond motifs is 2. The van der Waals surface area contributed by atoms with Crippen LogP contribution in [0.5, 0.6) is 0 Å². The van der Waals surface area contributed by atoms with Crippen LogP contribution in [0.1, 0.15) is 11.3 Å². The van der Waals surface area contributed by atoms with Crippen LogP contribution in [0.2, 0.25) is 0 Å². The lowest BCUT2D eigenvalue weighted by molar-refractivity contribution is -0.385. The molecule has 37 heavy (non-hydrogen) atoms. The van der Waals surface area contributed by atoms with E-state index in [1.54, 1.807) is 49.4 Å². The van der Waals surface area contributed by atoms with Crippen LogP contribution in [0, 0.1) is 17.0 Å². The van der Waals surface area contributed by atoms with Crippen LogP contribution in [-0.2, 0) is 0 Å². The number of rotatable bonds is 5. The van der Waals surface area contributed by atoms with Crippen LogP contribution in [-0.4, -0.2) is 20.8 Å². The van der Waals surface area contributed by atoms with Crippen LogP contribution in [0.3, 0.4) is 0 Å². The maximum absolute atomic E-state index is 13.4. The highest BCUT2D eigenvalue weighted by Gasteiger charge is 2.17. The fraction of sp³-hybridized carbons (Fsp3) is 0.0357. The van der Waals surface area contributed by atoms with Crippen LogP contribution in [0.15, 0.2) is 104 Å². The van der Waals surface area contributed by atoms with Crippen LogP contribution in [0.4, 0.5) is 5.69 Å². The Balaban J connectivity index is 1.44. The van der Waals surface area contributed by atoms with Crippen molar-refractivity contribution >= 4 is 33.8 Å². The minimum Gasteiger partial charge on any atom is -0.455 e. The molecule has 3 heterocycles. The number of aryl methyl sites for hydroxylation is 1. The predicted molar refractivity (Wildman–Crippen MR) is 140 cm³/mol. The molecule has 0 amide bonds.